The number of primary amides is 1. The Morgan fingerprint density at radius 2 is 1.74 bits per heavy atom. The van der Waals surface area contributed by atoms with Crippen molar-refractivity contribution in [2.24, 2.45) is 11.7 Å². The molecule has 0 saturated carbocycles. The molecule has 1 unspecified atom stereocenters. The third kappa shape index (κ3) is 7.47. The van der Waals surface area contributed by atoms with Gasteiger partial charge in [-0.05, 0) is 49.7 Å². The largest absolute Gasteiger partial charge is 0.417 e. The minimum absolute atomic E-state index is 0.130. The Hall–Kier alpha value is -4.09. The maximum atomic E-state index is 14.0. The van der Waals surface area contributed by atoms with Gasteiger partial charge in [0.15, 0.2) is 0 Å². The average Bonchev–Trinajstić information content (AvgIpc) is 3.36. The van der Waals surface area contributed by atoms with E-state index in [9.17, 15) is 24.0 Å². The van der Waals surface area contributed by atoms with E-state index in [0.717, 1.165) is 29.3 Å². The number of nitrogens with two attached hydrogens (primary N) is 1. The molecule has 0 radical (unpaired) electrons. The van der Waals surface area contributed by atoms with Crippen LogP contribution in [0.1, 0.15) is 70.8 Å². The van der Waals surface area contributed by atoms with E-state index in [2.05, 4.69) is 16.0 Å². The van der Waals surface area contributed by atoms with Gasteiger partial charge in [0, 0.05) is 31.0 Å². The van der Waals surface area contributed by atoms with E-state index < -0.39 is 47.8 Å². The van der Waals surface area contributed by atoms with Crippen LogP contribution in [0.15, 0.2) is 30.5 Å². The van der Waals surface area contributed by atoms with Crippen molar-refractivity contribution in [2.45, 2.75) is 95.8 Å². The van der Waals surface area contributed by atoms with Gasteiger partial charge in [-0.3, -0.25) is 24.0 Å². The fraction of sp³-hybridized carbons (Fsp3) is 0.581. The topological polar surface area (TPSA) is 165 Å². The zero-order chi connectivity index (χ0) is 31.1. The number of aromatic nitrogens is 1. The number of piperidine rings is 1. The lowest BCUT2D eigenvalue weighted by Crippen LogP contribution is -2.64. The number of fused-ring (bicyclic) bond motifs is 2. The number of rotatable bonds is 10. The maximum absolute atomic E-state index is 14.0. The Balaban J connectivity index is 1.70. The normalized spacial score (nSPS) is 24.2. The van der Waals surface area contributed by atoms with Gasteiger partial charge in [-0.1, -0.05) is 44.9 Å². The van der Waals surface area contributed by atoms with Crippen LogP contribution < -0.4 is 26.5 Å². The molecule has 2 aliphatic heterocycles. The van der Waals surface area contributed by atoms with E-state index in [0.29, 0.717) is 32.2 Å². The summed E-state index contributed by atoms with van der Waals surface area (Å²) in [7, 11) is 1.54. The lowest BCUT2D eigenvalue weighted by atomic mass is 9.93. The number of carbonyl (C=O) groups is 5. The van der Waals surface area contributed by atoms with Crippen LogP contribution in [0.5, 0.6) is 0 Å². The number of hydrogen-bond donors (Lipinski definition) is 4. The van der Waals surface area contributed by atoms with Gasteiger partial charge in [-0.2, -0.15) is 4.73 Å². The summed E-state index contributed by atoms with van der Waals surface area (Å²) >= 11 is 0. The van der Waals surface area contributed by atoms with Crippen LogP contribution in [0.3, 0.4) is 0 Å². The second-order valence-electron chi connectivity index (χ2n) is 11.6. The van der Waals surface area contributed by atoms with Crippen LogP contribution >= 0.6 is 0 Å². The summed E-state index contributed by atoms with van der Waals surface area (Å²) in [6.07, 6.45) is 5.87. The molecule has 5 amide bonds. The second kappa shape index (κ2) is 14.4. The summed E-state index contributed by atoms with van der Waals surface area (Å²) in [6.45, 7) is 4.24. The minimum atomic E-state index is -1.04. The lowest BCUT2D eigenvalue weighted by molar-refractivity contribution is -0.147. The number of nitrogens with one attached hydrogen (secondary N) is 3. The van der Waals surface area contributed by atoms with Gasteiger partial charge in [-0.15, -0.1) is 0 Å². The summed E-state index contributed by atoms with van der Waals surface area (Å²) in [5.41, 5.74) is 6.86. The van der Waals surface area contributed by atoms with E-state index in [1.165, 1.54) is 0 Å². The summed E-state index contributed by atoms with van der Waals surface area (Å²) in [5, 5.41) is 9.57. The van der Waals surface area contributed by atoms with E-state index in [4.69, 9.17) is 10.6 Å². The van der Waals surface area contributed by atoms with Crippen molar-refractivity contribution in [1.29, 1.82) is 0 Å². The first-order chi connectivity index (χ1) is 20.6. The maximum Gasteiger partial charge on any atom is 0.246 e. The molecule has 2 saturated heterocycles. The molecule has 1 aromatic heterocycles. The van der Waals surface area contributed by atoms with Crippen LogP contribution in [-0.2, 0) is 30.4 Å². The summed E-state index contributed by atoms with van der Waals surface area (Å²) in [4.78, 5) is 73.6. The monoisotopic (exact) mass is 596 g/mol. The molecular weight excluding hydrogens is 552 g/mol. The predicted molar refractivity (Wildman–Crippen MR) is 160 cm³/mol. The molecule has 2 aromatic rings. The number of carbonyl (C=O) groups excluding carboxylic acids is 5. The molecule has 0 aliphatic carbocycles. The van der Waals surface area contributed by atoms with Crippen molar-refractivity contribution in [3.63, 3.8) is 0 Å². The highest BCUT2D eigenvalue weighted by Crippen LogP contribution is 2.24. The Morgan fingerprint density at radius 1 is 1.02 bits per heavy atom. The molecule has 0 spiro atoms. The van der Waals surface area contributed by atoms with Gasteiger partial charge in [-0.25, -0.2) is 0 Å². The van der Waals surface area contributed by atoms with E-state index in [1.54, 1.807) is 22.9 Å². The molecule has 12 nitrogen and oxygen atoms in total. The number of benzene rings is 1. The number of para-hydroxylation sites is 1. The van der Waals surface area contributed by atoms with Crippen LogP contribution in [0.2, 0.25) is 0 Å². The van der Waals surface area contributed by atoms with E-state index >= 15 is 0 Å². The first kappa shape index (κ1) is 31.8. The van der Waals surface area contributed by atoms with Gasteiger partial charge < -0.3 is 31.4 Å². The predicted octanol–water partition coefficient (Wildman–Crippen LogP) is 1.18. The van der Waals surface area contributed by atoms with Crippen molar-refractivity contribution in [3.8, 4) is 0 Å². The van der Waals surface area contributed by atoms with E-state index in [-0.39, 0.29) is 31.1 Å². The fourth-order valence-electron chi connectivity index (χ4n) is 6.00. The van der Waals surface area contributed by atoms with Gasteiger partial charge in [0.1, 0.15) is 31.3 Å². The van der Waals surface area contributed by atoms with Crippen molar-refractivity contribution in [3.05, 3.63) is 36.0 Å². The summed E-state index contributed by atoms with van der Waals surface area (Å²) in [5.74, 6) is -2.30. The zero-order valence-electron chi connectivity index (χ0n) is 25.3. The highest BCUT2D eigenvalue weighted by atomic mass is 16.6. The Bertz CT molecular complexity index is 1340. The van der Waals surface area contributed by atoms with Crippen molar-refractivity contribution >= 4 is 40.4 Å². The summed E-state index contributed by atoms with van der Waals surface area (Å²) < 4.78 is 1.60. The molecule has 3 heterocycles. The minimum Gasteiger partial charge on any atom is -0.417 e. The summed E-state index contributed by atoms with van der Waals surface area (Å²) in [6, 6.07) is 3.99. The Labute approximate surface area is 252 Å². The SMILES string of the molecule is CCC(C)[C@H]1NC(=O)[C@@H](Cc2cn(OC)c3ccccc23)NC(=O)[C@@H](CCCCC(N)=O)NC(=O)[C@H]2CCCCN2C1=O. The molecule has 234 valence electrons. The van der Waals surface area contributed by atoms with Gasteiger partial charge in [0.25, 0.3) is 0 Å². The van der Waals surface area contributed by atoms with Crippen LogP contribution in [0.25, 0.3) is 10.9 Å². The Kier molecular flexibility index (Phi) is 10.7. The van der Waals surface area contributed by atoms with Crippen LogP contribution in [-0.4, -0.2) is 77.0 Å². The molecule has 5 atom stereocenters. The quantitative estimate of drug-likeness (QED) is 0.301. The van der Waals surface area contributed by atoms with Gasteiger partial charge in [0.2, 0.25) is 29.5 Å². The Morgan fingerprint density at radius 3 is 2.47 bits per heavy atom. The van der Waals surface area contributed by atoms with Gasteiger partial charge in [0.05, 0.1) is 5.52 Å². The van der Waals surface area contributed by atoms with Crippen molar-refractivity contribution < 1.29 is 28.8 Å². The number of hydrogen-bond acceptors (Lipinski definition) is 6. The van der Waals surface area contributed by atoms with Crippen molar-refractivity contribution in [1.82, 2.24) is 25.6 Å². The zero-order valence-corrected chi connectivity index (χ0v) is 25.3. The highest BCUT2D eigenvalue weighted by Gasteiger charge is 2.40. The highest BCUT2D eigenvalue weighted by molar-refractivity contribution is 5.98. The molecule has 0 bridgehead atoms. The van der Waals surface area contributed by atoms with Gasteiger partial charge >= 0.3 is 0 Å². The third-order valence-electron chi connectivity index (χ3n) is 8.68. The lowest BCUT2D eigenvalue weighted by Gasteiger charge is -2.39. The first-order valence-electron chi connectivity index (χ1n) is 15.3. The molecule has 1 aromatic carbocycles. The average molecular weight is 597 g/mol. The molecule has 2 fully saturated rings. The molecule has 43 heavy (non-hydrogen) atoms. The van der Waals surface area contributed by atoms with E-state index in [1.807, 2.05) is 38.1 Å². The standard InChI is InChI=1S/C31H44N6O6/c1-4-19(2)27-31(42)36-16-10-9-14-25(36)30(41)33-22(12-6-8-15-26(32)38)28(39)34-23(29(40)35-27)17-20-18-37(43-3)24-13-7-5-11-21(20)24/h5,7,11,13,18-19,22-23,25,27H,4,6,8-10,12,14-17H2,1-3H3,(H2,32,38)(H,33,41)(H,34,39)(H,35,40)/t19?,22-,23-,25-,27-/m1/s1. The first-order valence-corrected chi connectivity index (χ1v) is 15.3. The molecule has 2 aliphatic rings. The molecule has 12 heteroatoms. The van der Waals surface area contributed by atoms with Crippen molar-refractivity contribution in [2.75, 3.05) is 13.7 Å². The second-order valence-corrected chi connectivity index (χ2v) is 11.6. The van der Waals surface area contributed by atoms with Crippen LogP contribution in [0, 0.1) is 5.92 Å². The molecular formula is C31H44N6O6. The smallest absolute Gasteiger partial charge is 0.246 e. The number of nitrogens with zero attached hydrogens (tertiary/aromatic N) is 2. The number of unbranched alkanes of at least 4 members (excludes halogenated alkanes) is 1. The number of amides is 5. The molecule has 5 N–H and O–H groups in total. The van der Waals surface area contributed by atoms with Crippen LogP contribution in [0.4, 0.5) is 0 Å². The third-order valence-corrected chi connectivity index (χ3v) is 8.68. The fourth-order valence-corrected chi connectivity index (χ4v) is 6.00. The molecule has 4 rings (SSSR count).